The molecule has 0 bridgehead atoms. The first-order valence-corrected chi connectivity index (χ1v) is 9.85. The van der Waals surface area contributed by atoms with Gasteiger partial charge >= 0.3 is 0 Å². The number of benzene rings is 1. The van der Waals surface area contributed by atoms with Crippen LogP contribution in [0, 0.1) is 0 Å². The van der Waals surface area contributed by atoms with E-state index in [-0.39, 0.29) is 11.8 Å². The molecule has 0 unspecified atom stereocenters. The van der Waals surface area contributed by atoms with Crippen molar-refractivity contribution in [2.75, 3.05) is 18.0 Å². The van der Waals surface area contributed by atoms with E-state index in [0.29, 0.717) is 30.6 Å². The predicted molar refractivity (Wildman–Crippen MR) is 106 cm³/mol. The van der Waals surface area contributed by atoms with Gasteiger partial charge in [0.25, 0.3) is 11.8 Å². The van der Waals surface area contributed by atoms with Gasteiger partial charge in [-0.15, -0.1) is 0 Å². The summed E-state index contributed by atoms with van der Waals surface area (Å²) in [6.07, 6.45) is 6.03. The van der Waals surface area contributed by atoms with Gasteiger partial charge in [0.2, 0.25) is 0 Å². The molecule has 3 aromatic rings. The molecule has 0 N–H and O–H groups in total. The summed E-state index contributed by atoms with van der Waals surface area (Å²) in [6.45, 7) is 1.00. The minimum atomic E-state index is -0.213. The van der Waals surface area contributed by atoms with Gasteiger partial charge in [-0.3, -0.25) is 19.5 Å². The van der Waals surface area contributed by atoms with E-state index in [2.05, 4.69) is 14.9 Å². The van der Waals surface area contributed by atoms with Crippen LogP contribution in [0.2, 0.25) is 0 Å². The summed E-state index contributed by atoms with van der Waals surface area (Å²) >= 11 is 1.67. The average molecular weight is 388 g/mol. The molecule has 0 saturated carbocycles. The first-order chi connectivity index (χ1) is 13.7. The SMILES string of the molecule is O=C1c2ccccc2C(=O)N1CCCN1c2cnccc2Sc2cccnc21. The first kappa shape index (κ1) is 16.9. The van der Waals surface area contributed by atoms with Crippen LogP contribution in [0.15, 0.2) is 70.8 Å². The molecule has 138 valence electrons. The van der Waals surface area contributed by atoms with Gasteiger partial charge < -0.3 is 4.90 Å². The summed E-state index contributed by atoms with van der Waals surface area (Å²) in [6, 6.07) is 12.9. The zero-order chi connectivity index (χ0) is 19.1. The molecule has 2 aliphatic rings. The average Bonchev–Trinajstić information content (AvgIpc) is 2.98. The van der Waals surface area contributed by atoms with Crippen molar-refractivity contribution in [3.8, 4) is 0 Å². The van der Waals surface area contributed by atoms with E-state index in [1.165, 1.54) is 4.90 Å². The van der Waals surface area contributed by atoms with E-state index in [0.717, 1.165) is 21.3 Å². The quantitative estimate of drug-likeness (QED) is 0.634. The van der Waals surface area contributed by atoms with Crippen LogP contribution in [0.5, 0.6) is 0 Å². The number of carbonyl (C=O) groups excluding carboxylic acids is 2. The normalized spacial score (nSPS) is 14.7. The Kier molecular flexibility index (Phi) is 4.09. The number of pyridine rings is 2. The van der Waals surface area contributed by atoms with Crippen LogP contribution in [0.3, 0.4) is 0 Å². The van der Waals surface area contributed by atoms with Crippen LogP contribution < -0.4 is 4.90 Å². The Bertz CT molecular complexity index is 1020. The van der Waals surface area contributed by atoms with E-state index in [9.17, 15) is 9.59 Å². The summed E-state index contributed by atoms with van der Waals surface area (Å²) < 4.78 is 0. The Morgan fingerprint density at radius 1 is 0.821 bits per heavy atom. The fraction of sp³-hybridized carbons (Fsp3) is 0.143. The summed E-state index contributed by atoms with van der Waals surface area (Å²) in [4.78, 5) is 39.6. The van der Waals surface area contributed by atoms with Crippen molar-refractivity contribution in [2.24, 2.45) is 0 Å². The molecule has 6 nitrogen and oxygen atoms in total. The van der Waals surface area contributed by atoms with E-state index in [1.807, 2.05) is 24.4 Å². The Morgan fingerprint density at radius 2 is 1.57 bits per heavy atom. The minimum absolute atomic E-state index is 0.213. The van der Waals surface area contributed by atoms with E-state index in [4.69, 9.17) is 0 Å². The Labute approximate surface area is 166 Å². The molecule has 0 fully saturated rings. The van der Waals surface area contributed by atoms with Gasteiger partial charge in [-0.1, -0.05) is 23.9 Å². The lowest BCUT2D eigenvalue weighted by atomic mass is 10.1. The van der Waals surface area contributed by atoms with Crippen LogP contribution in [0.1, 0.15) is 27.1 Å². The van der Waals surface area contributed by atoms with Crippen molar-refractivity contribution in [3.05, 3.63) is 72.2 Å². The molecule has 0 aliphatic carbocycles. The van der Waals surface area contributed by atoms with Crippen molar-refractivity contribution in [1.82, 2.24) is 14.9 Å². The smallest absolute Gasteiger partial charge is 0.261 e. The molecule has 2 aromatic heterocycles. The van der Waals surface area contributed by atoms with Crippen LogP contribution >= 0.6 is 11.8 Å². The number of imide groups is 1. The highest BCUT2D eigenvalue weighted by Gasteiger charge is 2.35. The van der Waals surface area contributed by atoms with Crippen molar-refractivity contribution >= 4 is 35.1 Å². The van der Waals surface area contributed by atoms with Crippen molar-refractivity contribution in [1.29, 1.82) is 0 Å². The largest absolute Gasteiger partial charge is 0.323 e. The van der Waals surface area contributed by atoms with Crippen molar-refractivity contribution < 1.29 is 9.59 Å². The Morgan fingerprint density at radius 3 is 2.36 bits per heavy atom. The number of anilines is 2. The molecule has 0 radical (unpaired) electrons. The third-order valence-corrected chi connectivity index (χ3v) is 6.02. The monoisotopic (exact) mass is 388 g/mol. The van der Waals surface area contributed by atoms with Crippen LogP contribution in [-0.4, -0.2) is 39.8 Å². The molecule has 0 atom stereocenters. The van der Waals surface area contributed by atoms with Gasteiger partial charge in [0.1, 0.15) is 5.82 Å². The molecule has 7 heteroatoms. The van der Waals surface area contributed by atoms with Crippen molar-refractivity contribution in [2.45, 2.75) is 16.2 Å². The standard InChI is InChI=1S/C21H16N4O2S/c26-20-14-5-1-2-6-15(14)21(27)25(20)12-4-11-24-16-13-22-10-8-17(16)28-18-7-3-9-23-19(18)24/h1-3,5-10,13H,4,11-12H2. The molecule has 0 spiro atoms. The van der Waals surface area contributed by atoms with Gasteiger partial charge in [-0.05, 0) is 36.8 Å². The fourth-order valence-corrected chi connectivity index (χ4v) is 4.65. The van der Waals surface area contributed by atoms with Crippen LogP contribution in [-0.2, 0) is 0 Å². The Balaban J connectivity index is 1.36. The summed E-state index contributed by atoms with van der Waals surface area (Å²) in [5, 5.41) is 0. The maximum Gasteiger partial charge on any atom is 0.261 e. The summed E-state index contributed by atoms with van der Waals surface area (Å²) in [5.74, 6) is 0.459. The summed E-state index contributed by atoms with van der Waals surface area (Å²) in [5.41, 5.74) is 1.98. The molecule has 28 heavy (non-hydrogen) atoms. The number of aromatic nitrogens is 2. The number of carbonyl (C=O) groups is 2. The second kappa shape index (κ2) is 6.76. The second-order valence-corrected chi connectivity index (χ2v) is 7.67. The highest BCUT2D eigenvalue weighted by molar-refractivity contribution is 7.99. The lowest BCUT2D eigenvalue weighted by Gasteiger charge is -2.31. The van der Waals surface area contributed by atoms with Crippen molar-refractivity contribution in [3.63, 3.8) is 0 Å². The zero-order valence-electron chi connectivity index (χ0n) is 14.9. The van der Waals surface area contributed by atoms with Gasteiger partial charge in [0.05, 0.1) is 27.9 Å². The lowest BCUT2D eigenvalue weighted by Crippen LogP contribution is -2.33. The molecule has 2 amide bonds. The number of hydrogen-bond donors (Lipinski definition) is 0. The first-order valence-electron chi connectivity index (χ1n) is 9.03. The van der Waals surface area contributed by atoms with E-state index >= 15 is 0 Å². The minimum Gasteiger partial charge on any atom is -0.323 e. The number of hydrogen-bond acceptors (Lipinski definition) is 6. The van der Waals surface area contributed by atoms with Gasteiger partial charge in [0, 0.05) is 30.4 Å². The van der Waals surface area contributed by atoms with Crippen LogP contribution in [0.25, 0.3) is 0 Å². The molecule has 2 aliphatic heterocycles. The van der Waals surface area contributed by atoms with E-state index < -0.39 is 0 Å². The van der Waals surface area contributed by atoms with Crippen LogP contribution in [0.4, 0.5) is 11.5 Å². The fourth-order valence-electron chi connectivity index (χ4n) is 3.62. The van der Waals surface area contributed by atoms with Gasteiger partial charge in [-0.2, -0.15) is 0 Å². The topological polar surface area (TPSA) is 66.4 Å². The highest BCUT2D eigenvalue weighted by atomic mass is 32.2. The number of rotatable bonds is 4. The lowest BCUT2D eigenvalue weighted by molar-refractivity contribution is 0.0653. The van der Waals surface area contributed by atoms with Gasteiger partial charge in [0.15, 0.2) is 0 Å². The maximum absolute atomic E-state index is 12.6. The maximum atomic E-state index is 12.6. The highest BCUT2D eigenvalue weighted by Crippen LogP contribution is 2.46. The predicted octanol–water partition coefficient (Wildman–Crippen LogP) is 3.77. The second-order valence-electron chi connectivity index (χ2n) is 6.58. The molecule has 1 aromatic carbocycles. The molecular formula is C21H16N4O2S. The van der Waals surface area contributed by atoms with Gasteiger partial charge in [-0.25, -0.2) is 4.98 Å². The third kappa shape index (κ3) is 2.66. The number of fused-ring (bicyclic) bond motifs is 3. The molecule has 0 saturated heterocycles. The number of amides is 2. The Hall–Kier alpha value is -3.19. The molecular weight excluding hydrogens is 372 g/mol. The summed E-state index contributed by atoms with van der Waals surface area (Å²) in [7, 11) is 0. The zero-order valence-corrected chi connectivity index (χ0v) is 15.7. The molecule has 5 rings (SSSR count). The number of nitrogens with zero attached hydrogens (tertiary/aromatic N) is 4. The molecule has 4 heterocycles. The third-order valence-electron chi connectivity index (χ3n) is 4.92. The van der Waals surface area contributed by atoms with E-state index in [1.54, 1.807) is 48.4 Å².